The second-order valence-electron chi connectivity index (χ2n) is 4.25. The summed E-state index contributed by atoms with van der Waals surface area (Å²) in [5.41, 5.74) is 0.781. The minimum atomic E-state index is -0.688. The van der Waals surface area contributed by atoms with Crippen molar-refractivity contribution in [2.45, 2.75) is 20.0 Å². The van der Waals surface area contributed by atoms with Crippen molar-refractivity contribution in [3.05, 3.63) is 43.0 Å². The molecule has 0 saturated heterocycles. The molecule has 1 aromatic carbocycles. The summed E-state index contributed by atoms with van der Waals surface area (Å²) < 4.78 is 13.0. The van der Waals surface area contributed by atoms with Crippen LogP contribution < -0.4 is 9.47 Å². The van der Waals surface area contributed by atoms with E-state index in [1.165, 1.54) is 11.3 Å². The van der Waals surface area contributed by atoms with E-state index in [0.29, 0.717) is 24.7 Å². The molecule has 0 aliphatic heterocycles. The second kappa shape index (κ2) is 7.63. The van der Waals surface area contributed by atoms with Crippen molar-refractivity contribution in [1.82, 2.24) is 0 Å². The number of aliphatic hydroxyl groups excluding tert-OH is 1. The average molecular weight is 436 g/mol. The van der Waals surface area contributed by atoms with Crippen LogP contribution in [0, 0.1) is 0 Å². The number of hydrogen-bond acceptors (Lipinski definition) is 4. The van der Waals surface area contributed by atoms with Crippen LogP contribution in [0.4, 0.5) is 0 Å². The summed E-state index contributed by atoms with van der Waals surface area (Å²) in [6.07, 6.45) is -0.688. The van der Waals surface area contributed by atoms with E-state index in [0.717, 1.165) is 18.7 Å². The molecule has 1 atom stereocenters. The average Bonchev–Trinajstić information content (AvgIpc) is 2.80. The van der Waals surface area contributed by atoms with E-state index in [1.807, 2.05) is 38.1 Å². The fourth-order valence-electron chi connectivity index (χ4n) is 1.90. The third-order valence-electron chi connectivity index (χ3n) is 2.82. The van der Waals surface area contributed by atoms with Gasteiger partial charge in [-0.25, -0.2) is 0 Å². The summed E-state index contributed by atoms with van der Waals surface area (Å²) in [5.74, 6) is 1.36. The van der Waals surface area contributed by atoms with Crippen molar-refractivity contribution in [1.29, 1.82) is 0 Å². The summed E-state index contributed by atoms with van der Waals surface area (Å²) in [6, 6.07) is 7.45. The summed E-state index contributed by atoms with van der Waals surface area (Å²) >= 11 is 8.38. The molecule has 0 radical (unpaired) electrons. The van der Waals surface area contributed by atoms with Crippen LogP contribution in [-0.4, -0.2) is 18.3 Å². The molecule has 0 bridgehead atoms. The van der Waals surface area contributed by atoms with E-state index in [2.05, 4.69) is 31.9 Å². The lowest BCUT2D eigenvalue weighted by Crippen LogP contribution is -2.02. The molecule has 0 saturated carbocycles. The van der Waals surface area contributed by atoms with Gasteiger partial charge in [0.05, 0.1) is 17.0 Å². The van der Waals surface area contributed by atoms with Crippen LogP contribution in [0.15, 0.2) is 32.5 Å². The number of benzene rings is 1. The first-order valence-electron chi connectivity index (χ1n) is 6.59. The minimum Gasteiger partial charge on any atom is -0.490 e. The highest BCUT2D eigenvalue weighted by atomic mass is 79.9. The molecule has 1 unspecified atom stereocenters. The van der Waals surface area contributed by atoms with Crippen molar-refractivity contribution in [2.24, 2.45) is 0 Å². The first kappa shape index (κ1) is 16.8. The molecule has 3 nitrogen and oxygen atoms in total. The van der Waals surface area contributed by atoms with E-state index in [1.54, 1.807) is 0 Å². The maximum Gasteiger partial charge on any atom is 0.161 e. The van der Waals surface area contributed by atoms with Gasteiger partial charge in [-0.3, -0.25) is 0 Å². The van der Waals surface area contributed by atoms with E-state index in [-0.39, 0.29) is 0 Å². The zero-order valence-corrected chi connectivity index (χ0v) is 15.7. The maximum absolute atomic E-state index is 10.5. The molecule has 0 amide bonds. The summed E-state index contributed by atoms with van der Waals surface area (Å²) in [6.45, 7) is 4.98. The molecular formula is C15H16Br2O3S. The first-order chi connectivity index (χ1) is 10.1. The quantitative estimate of drug-likeness (QED) is 0.681. The third-order valence-corrected chi connectivity index (χ3v) is 6.13. The van der Waals surface area contributed by atoms with E-state index < -0.39 is 6.10 Å². The largest absolute Gasteiger partial charge is 0.490 e. The Labute approximate surface area is 145 Å². The fraction of sp³-hybridized carbons (Fsp3) is 0.333. The molecule has 6 heteroatoms. The predicted molar refractivity (Wildman–Crippen MR) is 92.6 cm³/mol. The highest BCUT2D eigenvalue weighted by Gasteiger charge is 2.17. The van der Waals surface area contributed by atoms with Gasteiger partial charge in [0.25, 0.3) is 0 Å². The Morgan fingerprint density at radius 3 is 2.33 bits per heavy atom. The lowest BCUT2D eigenvalue weighted by atomic mass is 10.1. The van der Waals surface area contributed by atoms with Crippen LogP contribution in [0.3, 0.4) is 0 Å². The molecule has 21 heavy (non-hydrogen) atoms. The van der Waals surface area contributed by atoms with Gasteiger partial charge in [0.1, 0.15) is 6.10 Å². The van der Waals surface area contributed by atoms with Crippen LogP contribution >= 0.6 is 43.2 Å². The SMILES string of the molecule is CCOc1ccc(C(O)c2cc(Br)c(Br)s2)cc1OCC. The van der Waals surface area contributed by atoms with Gasteiger partial charge in [-0.15, -0.1) is 11.3 Å². The lowest BCUT2D eigenvalue weighted by Gasteiger charge is -2.15. The first-order valence-corrected chi connectivity index (χ1v) is 8.99. The fourth-order valence-corrected chi connectivity index (χ4v) is 4.00. The van der Waals surface area contributed by atoms with Gasteiger partial charge >= 0.3 is 0 Å². The van der Waals surface area contributed by atoms with Gasteiger partial charge in [-0.05, 0) is 69.5 Å². The number of halogens is 2. The zero-order valence-electron chi connectivity index (χ0n) is 11.7. The predicted octanol–water partition coefficient (Wildman–Crippen LogP) is 5.15. The van der Waals surface area contributed by atoms with Crippen LogP contribution in [-0.2, 0) is 0 Å². The number of hydrogen-bond donors (Lipinski definition) is 1. The Hall–Kier alpha value is -0.560. The van der Waals surface area contributed by atoms with Crippen molar-refractivity contribution < 1.29 is 14.6 Å². The number of aliphatic hydroxyl groups is 1. The Morgan fingerprint density at radius 2 is 1.76 bits per heavy atom. The molecule has 0 fully saturated rings. The molecule has 2 rings (SSSR count). The number of rotatable bonds is 6. The third kappa shape index (κ3) is 4.00. The monoisotopic (exact) mass is 434 g/mol. The van der Waals surface area contributed by atoms with Gasteiger partial charge in [-0.1, -0.05) is 6.07 Å². The molecule has 1 N–H and O–H groups in total. The van der Waals surface area contributed by atoms with Crippen LogP contribution in [0.1, 0.15) is 30.4 Å². The van der Waals surface area contributed by atoms with Gasteiger partial charge in [0, 0.05) is 9.35 Å². The molecule has 1 aromatic heterocycles. The van der Waals surface area contributed by atoms with Crippen molar-refractivity contribution in [3.63, 3.8) is 0 Å². The van der Waals surface area contributed by atoms with Gasteiger partial charge < -0.3 is 14.6 Å². The van der Waals surface area contributed by atoms with Crippen molar-refractivity contribution >= 4 is 43.2 Å². The standard InChI is InChI=1S/C15H16Br2O3S/c1-3-19-11-6-5-9(7-12(11)20-4-2)14(18)13-8-10(16)15(17)21-13/h5-8,14,18H,3-4H2,1-2H3. The molecule has 2 aromatic rings. The van der Waals surface area contributed by atoms with Gasteiger partial charge in [-0.2, -0.15) is 0 Å². The highest BCUT2D eigenvalue weighted by molar-refractivity contribution is 9.13. The molecule has 0 spiro atoms. The van der Waals surface area contributed by atoms with E-state index >= 15 is 0 Å². The number of thiophene rings is 1. The van der Waals surface area contributed by atoms with Crippen molar-refractivity contribution in [2.75, 3.05) is 13.2 Å². The maximum atomic E-state index is 10.5. The van der Waals surface area contributed by atoms with Gasteiger partial charge in [0.15, 0.2) is 11.5 Å². The topological polar surface area (TPSA) is 38.7 Å². The Morgan fingerprint density at radius 1 is 1.10 bits per heavy atom. The molecule has 1 heterocycles. The van der Waals surface area contributed by atoms with E-state index in [9.17, 15) is 5.11 Å². The molecule has 0 aliphatic carbocycles. The van der Waals surface area contributed by atoms with Crippen LogP contribution in [0.5, 0.6) is 11.5 Å². The zero-order chi connectivity index (χ0) is 15.4. The Bertz CT molecular complexity index is 593. The second-order valence-corrected chi connectivity index (χ2v) is 7.50. The summed E-state index contributed by atoms with van der Waals surface area (Å²) in [4.78, 5) is 0.861. The smallest absolute Gasteiger partial charge is 0.161 e. The minimum absolute atomic E-state index is 0.551. The summed E-state index contributed by atoms with van der Waals surface area (Å²) in [5, 5.41) is 10.5. The van der Waals surface area contributed by atoms with Crippen LogP contribution in [0.25, 0.3) is 0 Å². The van der Waals surface area contributed by atoms with Crippen molar-refractivity contribution in [3.8, 4) is 11.5 Å². The Kier molecular flexibility index (Phi) is 6.10. The molecule has 0 aliphatic rings. The number of ether oxygens (including phenoxy) is 2. The van der Waals surface area contributed by atoms with Crippen LogP contribution in [0.2, 0.25) is 0 Å². The summed E-state index contributed by atoms with van der Waals surface area (Å²) in [7, 11) is 0. The molecule has 114 valence electrons. The highest BCUT2D eigenvalue weighted by Crippen LogP contribution is 2.39. The normalized spacial score (nSPS) is 12.2. The molecular weight excluding hydrogens is 420 g/mol. The van der Waals surface area contributed by atoms with E-state index in [4.69, 9.17) is 9.47 Å². The Balaban J connectivity index is 2.32. The lowest BCUT2D eigenvalue weighted by molar-refractivity contribution is 0.222. The van der Waals surface area contributed by atoms with Gasteiger partial charge in [0.2, 0.25) is 0 Å².